The number of nitrogen functional groups attached to an aromatic ring is 1. The van der Waals surface area contributed by atoms with Crippen LogP contribution in [0, 0.1) is 0 Å². The van der Waals surface area contributed by atoms with Crippen LogP contribution < -0.4 is 22.1 Å². The van der Waals surface area contributed by atoms with Gasteiger partial charge in [0, 0.05) is 0 Å². The lowest BCUT2D eigenvalue weighted by Crippen LogP contribution is -2.70. The van der Waals surface area contributed by atoms with Crippen LogP contribution in [0.5, 0.6) is 0 Å². The highest BCUT2D eigenvalue weighted by atomic mass is 31.2. The first-order valence-electron chi connectivity index (χ1n) is 13.4. The van der Waals surface area contributed by atoms with Gasteiger partial charge in [0.2, 0.25) is 0 Å². The van der Waals surface area contributed by atoms with Gasteiger partial charge < -0.3 is 55.4 Å². The van der Waals surface area contributed by atoms with E-state index >= 15 is 0 Å². The number of fused-ring (bicyclic) bond motifs is 2. The summed E-state index contributed by atoms with van der Waals surface area (Å²) in [6.07, 6.45) is -10.7. The fourth-order valence-electron chi connectivity index (χ4n) is 5.45. The summed E-state index contributed by atoms with van der Waals surface area (Å²) in [5.41, 5.74) is 11.8. The second-order valence-electron chi connectivity index (χ2n) is 10.6. The molecule has 26 heteroatoms. The minimum atomic E-state index is -5.18. The van der Waals surface area contributed by atoms with Gasteiger partial charge in [-0.25, -0.2) is 24.1 Å². The number of imidazole rings is 1. The van der Waals surface area contributed by atoms with Crippen LogP contribution in [-0.4, -0.2) is 141 Å². The van der Waals surface area contributed by atoms with Crippen molar-refractivity contribution in [3.8, 4) is 0 Å². The number of phosphoric ester groups is 2. The lowest BCUT2D eigenvalue weighted by Gasteiger charge is -2.38. The number of ether oxygens (including phenoxy) is 2. The Morgan fingerprint density at radius 2 is 1.70 bits per heavy atom. The lowest BCUT2D eigenvalue weighted by atomic mass is 10.1. The van der Waals surface area contributed by atoms with Crippen molar-refractivity contribution in [2.75, 3.05) is 18.9 Å². The number of carbonyl (C=O) groups excluding carboxylic acids is 1. The van der Waals surface area contributed by atoms with Gasteiger partial charge in [0.05, 0.1) is 25.9 Å². The van der Waals surface area contributed by atoms with E-state index in [2.05, 4.69) is 35.1 Å². The fourth-order valence-corrected chi connectivity index (χ4v) is 6.75. The van der Waals surface area contributed by atoms with Crippen LogP contribution in [0.15, 0.2) is 17.6 Å². The number of aromatic nitrogens is 4. The van der Waals surface area contributed by atoms with Gasteiger partial charge in [-0.1, -0.05) is 0 Å². The number of nitrogens with two attached hydrogens (primary N) is 2. The number of carbonyl (C=O) groups is 1. The van der Waals surface area contributed by atoms with Crippen molar-refractivity contribution in [2.45, 2.75) is 67.6 Å². The summed E-state index contributed by atoms with van der Waals surface area (Å²) in [4.78, 5) is 58.4. The highest BCUT2D eigenvalue weighted by Crippen LogP contribution is 2.50. The Kier molecular flexibility index (Phi) is 8.90. The highest BCUT2D eigenvalue weighted by Gasteiger charge is 2.53. The maximum absolute atomic E-state index is 13.0. The van der Waals surface area contributed by atoms with Crippen molar-refractivity contribution in [1.29, 1.82) is 0 Å². The van der Waals surface area contributed by atoms with E-state index in [0.717, 1.165) is 6.33 Å². The Balaban J connectivity index is 1.14. The van der Waals surface area contributed by atoms with Crippen LogP contribution >= 0.6 is 15.6 Å². The molecule has 254 valence electrons. The minimum Gasteiger partial charge on any atom is -0.387 e. The van der Waals surface area contributed by atoms with Gasteiger partial charge in [0.1, 0.15) is 60.9 Å². The smallest absolute Gasteiger partial charge is 0.387 e. The predicted octanol–water partition coefficient (Wildman–Crippen LogP) is -5.27. The number of aliphatic hydroxyl groups is 3. The summed E-state index contributed by atoms with van der Waals surface area (Å²) < 4.78 is 51.7. The van der Waals surface area contributed by atoms with Crippen molar-refractivity contribution < 1.29 is 67.0 Å². The quantitative estimate of drug-likeness (QED) is 0.104. The summed E-state index contributed by atoms with van der Waals surface area (Å²) in [6.45, 7) is -1.73. The third kappa shape index (κ3) is 6.38. The number of aliphatic hydroxyl groups excluding tert-OH is 3. The number of hydrogen-bond acceptors (Lipinski definition) is 19. The zero-order chi connectivity index (χ0) is 33.1. The number of nitrogens with zero attached hydrogens (tertiary/aromatic N) is 6. The van der Waals surface area contributed by atoms with Crippen LogP contribution in [0.3, 0.4) is 0 Å². The van der Waals surface area contributed by atoms with Crippen LogP contribution in [0.2, 0.25) is 0 Å². The third-order valence-electron chi connectivity index (χ3n) is 7.56. The number of hydrogen-bond donors (Lipinski definition) is 10. The van der Waals surface area contributed by atoms with E-state index in [1.807, 2.05) is 0 Å². The molecule has 0 saturated carbocycles. The van der Waals surface area contributed by atoms with E-state index in [9.17, 15) is 43.9 Å². The molecule has 4 unspecified atom stereocenters. The highest BCUT2D eigenvalue weighted by molar-refractivity contribution is 7.47. The van der Waals surface area contributed by atoms with E-state index in [0.29, 0.717) is 0 Å². The molecule has 1 amide bonds. The number of aliphatic imine (C=N–C) groups is 1. The molecule has 0 radical (unpaired) electrons. The standard InChI is InChI=1S/C20H30N10O14P2/c21-14-8-15(24-3-23-14)29(4-25-8)19-12(33)13(7(43-19)2-40-45(35,36)37)44-46(38,39)41-1-6-10(31)11(32)18(42-6)30-5-26-9-16(30)27-20(22)28-17(9)34/h3-7,9-13,16,18-20,27,31-33H,1-2,22H2,(H,28,34)(H,38,39)(H2,21,23,24)(H2,35,36,37)/t6-,7-,9?,10-,11-,12-,13-,16?,18-,19-,20?/m1/s1. The van der Waals surface area contributed by atoms with E-state index in [1.165, 1.54) is 22.1 Å². The first-order valence-corrected chi connectivity index (χ1v) is 16.4. The molecule has 4 aliphatic rings. The molecule has 0 aromatic carbocycles. The van der Waals surface area contributed by atoms with Crippen molar-refractivity contribution in [3.63, 3.8) is 0 Å². The first kappa shape index (κ1) is 33.1. The summed E-state index contributed by atoms with van der Waals surface area (Å²) in [6, 6.07) is -0.925. The number of rotatable bonds is 10. The van der Waals surface area contributed by atoms with E-state index in [4.69, 9.17) is 30.0 Å². The Morgan fingerprint density at radius 1 is 0.978 bits per heavy atom. The van der Waals surface area contributed by atoms with Crippen LogP contribution in [-0.2, 0) is 37.0 Å². The van der Waals surface area contributed by atoms with Crippen molar-refractivity contribution >= 4 is 44.9 Å². The molecule has 6 rings (SSSR count). The molecule has 2 aromatic heterocycles. The second-order valence-corrected chi connectivity index (χ2v) is 13.2. The number of amides is 1. The minimum absolute atomic E-state index is 0.00302. The topological polar surface area (TPSA) is 354 Å². The van der Waals surface area contributed by atoms with E-state index < -0.39 is 102 Å². The van der Waals surface area contributed by atoms with Gasteiger partial charge in [-0.3, -0.25) is 39.0 Å². The molecule has 46 heavy (non-hydrogen) atoms. The molecule has 0 bridgehead atoms. The molecule has 2 aromatic rings. The Bertz CT molecular complexity index is 1600. The molecule has 12 atom stereocenters. The van der Waals surface area contributed by atoms with E-state index in [-0.39, 0.29) is 17.0 Å². The summed E-state index contributed by atoms with van der Waals surface area (Å²) in [5.74, 6) is -0.479. The first-order chi connectivity index (χ1) is 21.6. The SMILES string of the molecule is Nc1ncnc2c1ncn2[C@@H]1O[C@H](COP(=O)(O)O)[C@@H](OP(=O)(O)OC[C@H]2O[C@@H](N3C=NC4C(=O)NC(N)NC43)[C@H](O)[C@@H]2O)[C@H]1O. The van der Waals surface area contributed by atoms with Gasteiger partial charge >= 0.3 is 15.6 Å². The van der Waals surface area contributed by atoms with Crippen molar-refractivity contribution in [2.24, 2.45) is 10.7 Å². The number of anilines is 1. The molecule has 0 spiro atoms. The normalized spacial score (nSPS) is 37.5. The van der Waals surface area contributed by atoms with Crippen LogP contribution in [0.25, 0.3) is 11.2 Å². The van der Waals surface area contributed by atoms with Gasteiger partial charge in [-0.15, -0.1) is 0 Å². The van der Waals surface area contributed by atoms with Crippen molar-refractivity contribution in [3.05, 3.63) is 12.7 Å². The number of nitrogens with one attached hydrogen (secondary N) is 2. The van der Waals surface area contributed by atoms with Gasteiger partial charge in [-0.2, -0.15) is 0 Å². The molecule has 6 heterocycles. The molecule has 12 N–H and O–H groups in total. The molecular formula is C20H30N10O14P2. The summed E-state index contributed by atoms with van der Waals surface area (Å²) >= 11 is 0. The Labute approximate surface area is 257 Å². The third-order valence-corrected chi connectivity index (χ3v) is 9.03. The average Bonchev–Trinajstić information content (AvgIpc) is 3.73. The number of phosphoric acid groups is 2. The summed E-state index contributed by atoms with van der Waals surface area (Å²) in [7, 11) is -10.2. The Morgan fingerprint density at radius 3 is 2.43 bits per heavy atom. The molecule has 24 nitrogen and oxygen atoms in total. The molecule has 3 saturated heterocycles. The zero-order valence-electron chi connectivity index (χ0n) is 23.2. The maximum Gasteiger partial charge on any atom is 0.472 e. The lowest BCUT2D eigenvalue weighted by molar-refractivity contribution is -0.130. The van der Waals surface area contributed by atoms with Gasteiger partial charge in [0.25, 0.3) is 5.91 Å². The fraction of sp³-hybridized carbons (Fsp3) is 0.650. The van der Waals surface area contributed by atoms with Crippen LogP contribution in [0.4, 0.5) is 5.82 Å². The predicted molar refractivity (Wildman–Crippen MR) is 146 cm³/mol. The second kappa shape index (κ2) is 12.4. The molecular weight excluding hydrogens is 666 g/mol. The molecule has 0 aliphatic carbocycles. The zero-order valence-corrected chi connectivity index (χ0v) is 25.0. The van der Waals surface area contributed by atoms with Gasteiger partial charge in [-0.05, 0) is 0 Å². The molecule has 4 aliphatic heterocycles. The Hall–Kier alpha value is -2.77. The monoisotopic (exact) mass is 696 g/mol. The van der Waals surface area contributed by atoms with Gasteiger partial charge in [0.15, 0.2) is 30.0 Å². The largest absolute Gasteiger partial charge is 0.472 e. The van der Waals surface area contributed by atoms with E-state index in [1.54, 1.807) is 0 Å². The van der Waals surface area contributed by atoms with Crippen molar-refractivity contribution in [1.82, 2.24) is 35.1 Å². The maximum atomic E-state index is 13.0. The summed E-state index contributed by atoms with van der Waals surface area (Å²) in [5, 5.41) is 37.7. The average molecular weight is 696 g/mol. The van der Waals surface area contributed by atoms with Crippen LogP contribution in [0.1, 0.15) is 6.23 Å². The molecule has 3 fully saturated rings.